The summed E-state index contributed by atoms with van der Waals surface area (Å²) in [4.78, 5) is 32.9. The fourth-order valence-corrected chi connectivity index (χ4v) is 3.18. The second-order valence-corrected chi connectivity index (χ2v) is 6.97. The molecule has 1 aromatic carbocycles. The van der Waals surface area contributed by atoms with Gasteiger partial charge in [0.2, 0.25) is 0 Å². The predicted molar refractivity (Wildman–Crippen MR) is 99.2 cm³/mol. The lowest BCUT2D eigenvalue weighted by atomic mass is 10.1. The van der Waals surface area contributed by atoms with Crippen molar-refractivity contribution in [1.82, 2.24) is 15.2 Å². The highest BCUT2D eigenvalue weighted by atomic mass is 19.1. The summed E-state index contributed by atoms with van der Waals surface area (Å²) in [5.41, 5.74) is 1.79. The number of nitrogens with zero attached hydrogens (tertiary/aromatic N) is 3. The van der Waals surface area contributed by atoms with Crippen LogP contribution in [0.3, 0.4) is 0 Å². The summed E-state index contributed by atoms with van der Waals surface area (Å²) in [6, 6.07) is 8.25. The Balaban J connectivity index is 1.39. The van der Waals surface area contributed by atoms with Gasteiger partial charge in [0.1, 0.15) is 5.82 Å². The van der Waals surface area contributed by atoms with Gasteiger partial charge in [-0.2, -0.15) is 0 Å². The Morgan fingerprint density at radius 1 is 1.00 bits per heavy atom. The van der Waals surface area contributed by atoms with Crippen LogP contribution in [0.2, 0.25) is 0 Å². The minimum absolute atomic E-state index is 0.123. The van der Waals surface area contributed by atoms with E-state index in [1.165, 1.54) is 24.5 Å². The van der Waals surface area contributed by atoms with Gasteiger partial charge in [0.25, 0.3) is 11.8 Å². The third-order valence-corrected chi connectivity index (χ3v) is 4.92. The number of carbonyl (C=O) groups is 2. The second-order valence-electron chi connectivity index (χ2n) is 6.97. The largest absolute Gasteiger partial charge is 0.368 e. The molecule has 4 rings (SSSR count). The third-order valence-electron chi connectivity index (χ3n) is 4.92. The molecular formula is C20H21FN4O2. The molecule has 1 saturated carbocycles. The van der Waals surface area contributed by atoms with E-state index in [1.807, 2.05) is 0 Å². The lowest BCUT2D eigenvalue weighted by molar-refractivity contribution is 0.0746. The topological polar surface area (TPSA) is 65.5 Å². The van der Waals surface area contributed by atoms with Crippen molar-refractivity contribution in [2.24, 2.45) is 0 Å². The highest BCUT2D eigenvalue weighted by Gasteiger charge is 2.26. The van der Waals surface area contributed by atoms with Crippen molar-refractivity contribution in [2.75, 3.05) is 31.1 Å². The molecule has 1 aliphatic heterocycles. The molecule has 7 heteroatoms. The summed E-state index contributed by atoms with van der Waals surface area (Å²) >= 11 is 0. The van der Waals surface area contributed by atoms with Gasteiger partial charge in [-0.05, 0) is 43.2 Å². The van der Waals surface area contributed by atoms with Crippen LogP contribution in [0.15, 0.2) is 42.7 Å². The van der Waals surface area contributed by atoms with Crippen molar-refractivity contribution in [3.8, 4) is 0 Å². The van der Waals surface area contributed by atoms with E-state index in [4.69, 9.17) is 0 Å². The summed E-state index contributed by atoms with van der Waals surface area (Å²) in [7, 11) is 0. The van der Waals surface area contributed by atoms with E-state index in [0.29, 0.717) is 37.3 Å². The Labute approximate surface area is 157 Å². The molecule has 2 amide bonds. The zero-order chi connectivity index (χ0) is 18.8. The van der Waals surface area contributed by atoms with Crippen molar-refractivity contribution in [3.05, 3.63) is 59.7 Å². The smallest absolute Gasteiger partial charge is 0.255 e. The summed E-state index contributed by atoms with van der Waals surface area (Å²) < 4.78 is 13.1. The maximum atomic E-state index is 13.1. The number of rotatable bonds is 4. The van der Waals surface area contributed by atoms with Gasteiger partial charge in [-0.25, -0.2) is 4.39 Å². The quantitative estimate of drug-likeness (QED) is 0.897. The van der Waals surface area contributed by atoms with E-state index in [2.05, 4.69) is 15.2 Å². The van der Waals surface area contributed by atoms with E-state index >= 15 is 0 Å². The minimum Gasteiger partial charge on any atom is -0.368 e. The average Bonchev–Trinajstić information content (AvgIpc) is 3.52. The molecule has 0 atom stereocenters. The van der Waals surface area contributed by atoms with E-state index in [-0.39, 0.29) is 23.7 Å². The van der Waals surface area contributed by atoms with Gasteiger partial charge in [0.15, 0.2) is 0 Å². The number of piperazine rings is 1. The normalized spacial score (nSPS) is 16.9. The van der Waals surface area contributed by atoms with Gasteiger partial charge < -0.3 is 15.1 Å². The molecule has 2 aromatic rings. The summed E-state index contributed by atoms with van der Waals surface area (Å²) in [5, 5.41) is 2.91. The first-order valence-corrected chi connectivity index (χ1v) is 9.16. The van der Waals surface area contributed by atoms with Crippen LogP contribution in [0.1, 0.15) is 33.6 Å². The van der Waals surface area contributed by atoms with Gasteiger partial charge in [0.05, 0.1) is 11.1 Å². The number of benzene rings is 1. The Bertz CT molecular complexity index is 843. The van der Waals surface area contributed by atoms with Crippen molar-refractivity contribution >= 4 is 17.5 Å². The summed E-state index contributed by atoms with van der Waals surface area (Å²) in [5.74, 6) is -0.561. The predicted octanol–water partition coefficient (Wildman–Crippen LogP) is 2.08. The first kappa shape index (κ1) is 17.5. The van der Waals surface area contributed by atoms with Gasteiger partial charge in [-0.1, -0.05) is 0 Å². The lowest BCUT2D eigenvalue weighted by Crippen LogP contribution is -2.48. The first-order valence-electron chi connectivity index (χ1n) is 9.16. The van der Waals surface area contributed by atoms with Crippen LogP contribution in [0.5, 0.6) is 0 Å². The molecule has 2 aliphatic rings. The third kappa shape index (κ3) is 4.07. The minimum atomic E-state index is -0.259. The number of nitrogens with one attached hydrogen (secondary N) is 1. The monoisotopic (exact) mass is 368 g/mol. The van der Waals surface area contributed by atoms with Crippen LogP contribution in [-0.4, -0.2) is 53.9 Å². The molecule has 6 nitrogen and oxygen atoms in total. The Kier molecular flexibility index (Phi) is 4.75. The van der Waals surface area contributed by atoms with Crippen LogP contribution < -0.4 is 10.2 Å². The molecule has 2 fully saturated rings. The molecule has 1 aromatic heterocycles. The van der Waals surface area contributed by atoms with Crippen molar-refractivity contribution in [1.29, 1.82) is 0 Å². The van der Waals surface area contributed by atoms with Crippen molar-refractivity contribution in [2.45, 2.75) is 18.9 Å². The Morgan fingerprint density at radius 3 is 2.33 bits per heavy atom. The highest BCUT2D eigenvalue weighted by molar-refractivity contribution is 5.99. The van der Waals surface area contributed by atoms with E-state index in [0.717, 1.165) is 18.5 Å². The number of amides is 2. The van der Waals surface area contributed by atoms with Gasteiger partial charge in [-0.3, -0.25) is 14.6 Å². The Morgan fingerprint density at radius 2 is 1.67 bits per heavy atom. The number of aromatic nitrogens is 1. The van der Waals surface area contributed by atoms with Crippen LogP contribution in [0.4, 0.5) is 10.1 Å². The zero-order valence-corrected chi connectivity index (χ0v) is 14.9. The van der Waals surface area contributed by atoms with Gasteiger partial charge >= 0.3 is 0 Å². The molecule has 140 valence electrons. The highest BCUT2D eigenvalue weighted by Crippen LogP contribution is 2.20. The standard InChI is InChI=1S/C20H21FN4O2/c21-16-1-5-18(6-2-16)24-7-9-25(10-8-24)20(27)15-11-14(12-22-13-15)19(26)23-17-3-4-17/h1-2,5-6,11-13,17H,3-4,7-10H2,(H,23,26). The zero-order valence-electron chi connectivity index (χ0n) is 14.9. The molecule has 1 N–H and O–H groups in total. The SMILES string of the molecule is O=C(NC1CC1)c1cncc(C(=O)N2CCN(c3ccc(F)cc3)CC2)c1. The number of carbonyl (C=O) groups excluding carboxylic acids is 2. The van der Waals surface area contributed by atoms with Crippen LogP contribution in [0.25, 0.3) is 0 Å². The molecular weight excluding hydrogens is 347 g/mol. The maximum absolute atomic E-state index is 13.1. The molecule has 2 heterocycles. The number of anilines is 1. The number of hydrogen-bond donors (Lipinski definition) is 1. The van der Waals surface area contributed by atoms with Gasteiger partial charge in [-0.15, -0.1) is 0 Å². The molecule has 0 spiro atoms. The van der Waals surface area contributed by atoms with E-state index < -0.39 is 0 Å². The van der Waals surface area contributed by atoms with E-state index in [9.17, 15) is 14.0 Å². The summed E-state index contributed by atoms with van der Waals surface area (Å²) in [6.45, 7) is 2.47. The second kappa shape index (κ2) is 7.34. The molecule has 1 saturated heterocycles. The number of hydrogen-bond acceptors (Lipinski definition) is 4. The molecule has 27 heavy (non-hydrogen) atoms. The van der Waals surface area contributed by atoms with Crippen molar-refractivity contribution < 1.29 is 14.0 Å². The number of pyridine rings is 1. The Hall–Kier alpha value is -2.96. The van der Waals surface area contributed by atoms with Crippen molar-refractivity contribution in [3.63, 3.8) is 0 Å². The lowest BCUT2D eigenvalue weighted by Gasteiger charge is -2.36. The summed E-state index contributed by atoms with van der Waals surface area (Å²) in [6.07, 6.45) is 5.01. The number of halogens is 1. The molecule has 0 unspecified atom stereocenters. The van der Waals surface area contributed by atoms with Gasteiger partial charge in [0, 0.05) is 50.3 Å². The fourth-order valence-electron chi connectivity index (χ4n) is 3.18. The maximum Gasteiger partial charge on any atom is 0.255 e. The molecule has 1 aliphatic carbocycles. The molecule has 0 bridgehead atoms. The van der Waals surface area contributed by atoms with E-state index in [1.54, 1.807) is 23.1 Å². The first-order chi connectivity index (χ1) is 13.1. The fraction of sp³-hybridized carbons (Fsp3) is 0.350. The molecule has 0 radical (unpaired) electrons. The average molecular weight is 368 g/mol. The van der Waals surface area contributed by atoms with Crippen LogP contribution in [-0.2, 0) is 0 Å². The van der Waals surface area contributed by atoms with Crippen LogP contribution >= 0.6 is 0 Å². The van der Waals surface area contributed by atoms with Crippen LogP contribution in [0, 0.1) is 5.82 Å².